The molecule has 104 valence electrons. The number of nitrogens with zero attached hydrogens (tertiary/aromatic N) is 3. The number of para-hydroxylation sites is 1. The fraction of sp³-hybridized carbons (Fsp3) is 0.167. The van der Waals surface area contributed by atoms with Crippen LogP contribution in [0.2, 0.25) is 0 Å². The molecule has 8 heteroatoms. The van der Waals surface area contributed by atoms with E-state index >= 15 is 0 Å². The Morgan fingerprint density at radius 2 is 2.10 bits per heavy atom. The van der Waals surface area contributed by atoms with Crippen LogP contribution < -0.4 is 5.32 Å². The summed E-state index contributed by atoms with van der Waals surface area (Å²) in [5.41, 5.74) is 0.382. The van der Waals surface area contributed by atoms with Gasteiger partial charge in [-0.3, -0.25) is 10.1 Å². The van der Waals surface area contributed by atoms with E-state index in [1.807, 2.05) is 0 Å². The van der Waals surface area contributed by atoms with Crippen molar-refractivity contribution in [2.24, 2.45) is 7.05 Å². The van der Waals surface area contributed by atoms with E-state index < -0.39 is 10.9 Å². The number of rotatable bonds is 4. The number of hydrogen-bond acceptors (Lipinski definition) is 5. The lowest BCUT2D eigenvalue weighted by molar-refractivity contribution is -0.384. The van der Waals surface area contributed by atoms with Crippen LogP contribution in [0.1, 0.15) is 16.1 Å². The quantitative estimate of drug-likeness (QED) is 0.653. The van der Waals surface area contributed by atoms with Crippen LogP contribution in [0.3, 0.4) is 0 Å². The lowest BCUT2D eigenvalue weighted by Crippen LogP contribution is -2.06. The molecule has 8 nitrogen and oxygen atoms in total. The summed E-state index contributed by atoms with van der Waals surface area (Å²) in [7, 11) is 1.55. The fourth-order valence-corrected chi connectivity index (χ4v) is 1.91. The van der Waals surface area contributed by atoms with Gasteiger partial charge in [-0.1, -0.05) is 12.1 Å². The van der Waals surface area contributed by atoms with Crippen molar-refractivity contribution in [1.82, 2.24) is 9.78 Å². The summed E-state index contributed by atoms with van der Waals surface area (Å²) in [6, 6.07) is 6.18. The number of nitrogens with one attached hydrogen (secondary N) is 1. The highest BCUT2D eigenvalue weighted by molar-refractivity contribution is 5.95. The Morgan fingerprint density at radius 1 is 1.45 bits per heavy atom. The molecule has 0 bridgehead atoms. The first-order chi connectivity index (χ1) is 9.41. The number of aromatic carboxylic acids is 1. The van der Waals surface area contributed by atoms with Crippen LogP contribution in [-0.2, 0) is 7.05 Å². The molecule has 1 aromatic carbocycles. The molecule has 0 aliphatic heterocycles. The minimum atomic E-state index is -1.12. The van der Waals surface area contributed by atoms with Crippen LogP contribution in [0.5, 0.6) is 0 Å². The van der Waals surface area contributed by atoms with Gasteiger partial charge in [0.25, 0.3) is 0 Å². The van der Waals surface area contributed by atoms with E-state index in [4.69, 9.17) is 5.11 Å². The van der Waals surface area contributed by atoms with Gasteiger partial charge < -0.3 is 10.4 Å². The molecule has 1 heterocycles. The van der Waals surface area contributed by atoms with Gasteiger partial charge in [0, 0.05) is 7.05 Å². The molecule has 0 saturated carbocycles. The molecule has 2 N–H and O–H groups in total. The van der Waals surface area contributed by atoms with Crippen molar-refractivity contribution >= 4 is 23.2 Å². The minimum Gasteiger partial charge on any atom is -0.478 e. The minimum absolute atomic E-state index is 0.0284. The third-order valence-electron chi connectivity index (χ3n) is 2.78. The molecule has 20 heavy (non-hydrogen) atoms. The first-order valence-electron chi connectivity index (χ1n) is 5.69. The van der Waals surface area contributed by atoms with E-state index in [2.05, 4.69) is 10.4 Å². The average Bonchev–Trinajstić information content (AvgIpc) is 2.64. The maximum atomic E-state index is 11.1. The van der Waals surface area contributed by atoms with Crippen molar-refractivity contribution in [3.63, 3.8) is 0 Å². The highest BCUT2D eigenvalue weighted by Crippen LogP contribution is 2.31. The molecule has 0 spiro atoms. The van der Waals surface area contributed by atoms with Gasteiger partial charge >= 0.3 is 11.7 Å². The molecule has 2 aromatic rings. The first kappa shape index (κ1) is 13.5. The van der Waals surface area contributed by atoms with Gasteiger partial charge in [0.15, 0.2) is 0 Å². The Labute approximate surface area is 113 Å². The van der Waals surface area contributed by atoms with Crippen molar-refractivity contribution in [2.75, 3.05) is 5.32 Å². The van der Waals surface area contributed by atoms with Crippen LogP contribution in [-0.4, -0.2) is 25.8 Å². The van der Waals surface area contributed by atoms with Crippen molar-refractivity contribution in [3.05, 3.63) is 45.6 Å². The highest BCUT2D eigenvalue weighted by atomic mass is 16.6. The van der Waals surface area contributed by atoms with Crippen molar-refractivity contribution in [2.45, 2.75) is 6.92 Å². The molecule has 0 saturated heterocycles. The Balaban J connectivity index is 2.51. The summed E-state index contributed by atoms with van der Waals surface area (Å²) in [4.78, 5) is 21.6. The number of anilines is 2. The molecule has 2 rings (SSSR count). The molecule has 0 aliphatic rings. The van der Waals surface area contributed by atoms with Crippen molar-refractivity contribution < 1.29 is 14.8 Å². The van der Waals surface area contributed by atoms with Gasteiger partial charge in [0.05, 0.1) is 16.2 Å². The summed E-state index contributed by atoms with van der Waals surface area (Å²) in [6.07, 6.45) is 0. The number of aromatic nitrogens is 2. The summed E-state index contributed by atoms with van der Waals surface area (Å²) < 4.78 is 1.31. The fourth-order valence-electron chi connectivity index (χ4n) is 1.91. The smallest absolute Gasteiger partial charge is 0.337 e. The maximum absolute atomic E-state index is 11.1. The molecule has 1 aromatic heterocycles. The van der Waals surface area contributed by atoms with Crippen molar-refractivity contribution in [3.8, 4) is 0 Å². The summed E-state index contributed by atoms with van der Waals surface area (Å²) >= 11 is 0. The van der Waals surface area contributed by atoms with Crippen LogP contribution in [0.25, 0.3) is 0 Å². The summed E-state index contributed by atoms with van der Waals surface area (Å²) in [6.45, 7) is 1.52. The lowest BCUT2D eigenvalue weighted by Gasteiger charge is -2.08. The van der Waals surface area contributed by atoms with E-state index in [0.29, 0.717) is 0 Å². The molecular weight excluding hydrogens is 264 g/mol. The molecular formula is C12H12N4O4. The third-order valence-corrected chi connectivity index (χ3v) is 2.78. The van der Waals surface area contributed by atoms with Crippen LogP contribution >= 0.6 is 0 Å². The number of carboxylic acids is 1. The zero-order valence-electron chi connectivity index (χ0n) is 10.8. The maximum Gasteiger partial charge on any atom is 0.337 e. The number of aryl methyl sites for hydroxylation is 2. The second-order valence-corrected chi connectivity index (χ2v) is 4.14. The van der Waals surface area contributed by atoms with Gasteiger partial charge in [-0.25, -0.2) is 9.48 Å². The zero-order chi connectivity index (χ0) is 14.9. The topological polar surface area (TPSA) is 110 Å². The molecule has 0 radical (unpaired) electrons. The largest absolute Gasteiger partial charge is 0.478 e. The predicted octanol–water partition coefficient (Wildman–Crippen LogP) is 2.08. The Hall–Kier alpha value is -2.90. The second-order valence-electron chi connectivity index (χ2n) is 4.14. The Kier molecular flexibility index (Phi) is 3.38. The predicted molar refractivity (Wildman–Crippen MR) is 71.3 cm³/mol. The van der Waals surface area contributed by atoms with E-state index in [0.717, 1.165) is 0 Å². The van der Waals surface area contributed by atoms with Gasteiger partial charge in [-0.2, -0.15) is 5.10 Å². The number of benzene rings is 1. The van der Waals surface area contributed by atoms with Gasteiger partial charge in [0.2, 0.25) is 5.82 Å². The van der Waals surface area contributed by atoms with Crippen LogP contribution in [0, 0.1) is 17.0 Å². The van der Waals surface area contributed by atoms with E-state index in [1.54, 1.807) is 19.2 Å². The zero-order valence-corrected chi connectivity index (χ0v) is 10.8. The normalized spacial score (nSPS) is 10.3. The number of carboxylic acid groups (broad SMARTS) is 1. The van der Waals surface area contributed by atoms with Crippen molar-refractivity contribution in [1.29, 1.82) is 0 Å². The lowest BCUT2D eigenvalue weighted by atomic mass is 10.2. The number of carbonyl (C=O) groups is 1. The Bertz CT molecular complexity index is 693. The second kappa shape index (κ2) is 5.00. The molecule has 0 unspecified atom stereocenters. The highest BCUT2D eigenvalue weighted by Gasteiger charge is 2.25. The number of nitro groups is 1. The SMILES string of the molecule is Cc1nn(C)c(Nc2ccccc2C(=O)O)c1[N+](=O)[O-]. The Morgan fingerprint density at radius 3 is 2.70 bits per heavy atom. The average molecular weight is 276 g/mol. The van der Waals surface area contributed by atoms with Gasteiger partial charge in [-0.05, 0) is 19.1 Å². The molecule has 0 atom stereocenters. The van der Waals surface area contributed by atoms with E-state index in [1.165, 1.54) is 23.7 Å². The van der Waals surface area contributed by atoms with Crippen LogP contribution in [0.15, 0.2) is 24.3 Å². The summed E-state index contributed by atoms with van der Waals surface area (Å²) in [5.74, 6) is -0.976. The monoisotopic (exact) mass is 276 g/mol. The van der Waals surface area contributed by atoms with E-state index in [9.17, 15) is 14.9 Å². The first-order valence-corrected chi connectivity index (χ1v) is 5.69. The van der Waals surface area contributed by atoms with Crippen LogP contribution in [0.4, 0.5) is 17.2 Å². The summed E-state index contributed by atoms with van der Waals surface area (Å²) in [5, 5.41) is 26.9. The van der Waals surface area contributed by atoms with Gasteiger partial charge in [0.1, 0.15) is 5.69 Å². The van der Waals surface area contributed by atoms with Gasteiger partial charge in [-0.15, -0.1) is 0 Å². The molecule has 0 amide bonds. The number of hydrogen-bond donors (Lipinski definition) is 2. The van der Waals surface area contributed by atoms with E-state index in [-0.39, 0.29) is 28.5 Å². The molecule has 0 aliphatic carbocycles. The standard InChI is InChI=1S/C12H12N4O4/c1-7-10(16(19)20)11(15(2)14-7)13-9-6-4-3-5-8(9)12(17)18/h3-6,13H,1-2H3,(H,17,18). The third kappa shape index (κ3) is 2.30. The molecule has 0 fully saturated rings.